The minimum absolute atomic E-state index is 0.0916. The number of anilines is 2. The number of H-pyrrole nitrogens is 2. The Labute approximate surface area is 432 Å². The average molecular weight is 994 g/mol. The summed E-state index contributed by atoms with van der Waals surface area (Å²) >= 11 is 0. The number of hydrogen-bond acceptors (Lipinski definition) is 10. The summed E-state index contributed by atoms with van der Waals surface area (Å²) < 4.78 is 0. The van der Waals surface area contributed by atoms with Gasteiger partial charge in [0.15, 0.2) is 0 Å². The fourth-order valence-electron chi connectivity index (χ4n) is 10.3. The number of nitrogens with one attached hydrogen (secondary N) is 4. The van der Waals surface area contributed by atoms with Gasteiger partial charge in [-0.3, -0.25) is 29.3 Å². The highest BCUT2D eigenvalue weighted by Crippen LogP contribution is 2.37. The molecule has 2 amide bonds. The molecule has 382 valence electrons. The van der Waals surface area contributed by atoms with E-state index in [9.17, 15) is 14.4 Å². The summed E-state index contributed by atoms with van der Waals surface area (Å²) in [5.74, 6) is 1.17. The van der Waals surface area contributed by atoms with E-state index < -0.39 is 5.97 Å². The molecule has 5 atom stereocenters. The zero-order valence-corrected chi connectivity index (χ0v) is 43.1. The van der Waals surface area contributed by atoms with Crippen LogP contribution in [-0.4, -0.2) is 92.8 Å². The number of aromatic amines is 2. The van der Waals surface area contributed by atoms with Gasteiger partial charge in [0.25, 0.3) is 0 Å². The third-order valence-electron chi connectivity index (χ3n) is 14.5. The van der Waals surface area contributed by atoms with Crippen LogP contribution in [0.4, 0.5) is 11.4 Å². The van der Waals surface area contributed by atoms with Crippen molar-refractivity contribution in [3.63, 3.8) is 0 Å². The number of likely N-dealkylation sites (tertiary alicyclic amines) is 2. The van der Waals surface area contributed by atoms with E-state index in [4.69, 9.17) is 15.1 Å². The maximum atomic E-state index is 14.0. The minimum atomic E-state index is -0.725. The Hall–Kier alpha value is -7.94. The molecule has 0 unspecified atom stereocenters. The van der Waals surface area contributed by atoms with Crippen LogP contribution < -0.4 is 10.6 Å². The van der Waals surface area contributed by atoms with Crippen LogP contribution in [0.25, 0.3) is 44.2 Å². The molecular weight excluding hydrogens is 927 g/mol. The van der Waals surface area contributed by atoms with Crippen molar-refractivity contribution in [3.8, 4) is 22.4 Å². The van der Waals surface area contributed by atoms with E-state index in [2.05, 4.69) is 118 Å². The van der Waals surface area contributed by atoms with Gasteiger partial charge < -0.3 is 35.5 Å². The van der Waals surface area contributed by atoms with Gasteiger partial charge in [-0.1, -0.05) is 71.9 Å². The molecule has 10 rings (SSSR count). The number of aromatic nitrogens is 7. The number of fused-ring (bicyclic) bond motifs is 2. The first-order chi connectivity index (χ1) is 35.8. The first-order valence-electron chi connectivity index (χ1n) is 26.0. The van der Waals surface area contributed by atoms with E-state index in [-0.39, 0.29) is 59.7 Å². The largest absolute Gasteiger partial charge is 0.481 e. The predicted molar refractivity (Wildman–Crippen MR) is 291 cm³/mol. The number of rotatable bonds is 16. The fraction of sp³-hybridized carbons (Fsp3) is 0.356. The molecule has 0 aliphatic carbocycles. The molecule has 5 N–H and O–H groups in total. The van der Waals surface area contributed by atoms with E-state index in [0.717, 1.165) is 98.5 Å². The molecule has 3 aromatic carbocycles. The third-order valence-corrected chi connectivity index (χ3v) is 14.5. The molecule has 15 heteroatoms. The summed E-state index contributed by atoms with van der Waals surface area (Å²) in [6.45, 7) is 13.6. The number of nitrogens with zero attached hydrogens (tertiary/aromatic N) is 7. The summed E-state index contributed by atoms with van der Waals surface area (Å²) in [6.07, 6.45) is 16.4. The number of carboxylic acids is 1. The molecule has 7 heterocycles. The van der Waals surface area contributed by atoms with Gasteiger partial charge in [0.05, 0.1) is 40.9 Å². The van der Waals surface area contributed by atoms with E-state index in [1.165, 1.54) is 0 Å². The van der Waals surface area contributed by atoms with Crippen molar-refractivity contribution in [2.75, 3.05) is 23.7 Å². The number of hydrogen-bond donors (Lipinski definition) is 5. The highest BCUT2D eigenvalue weighted by atomic mass is 16.4. The van der Waals surface area contributed by atoms with Crippen LogP contribution in [-0.2, 0) is 20.8 Å². The van der Waals surface area contributed by atoms with Crippen LogP contribution in [0.3, 0.4) is 0 Å². The van der Waals surface area contributed by atoms with E-state index in [1.54, 1.807) is 37.2 Å². The lowest BCUT2D eigenvalue weighted by Crippen LogP contribution is -2.45. The quantitative estimate of drug-likeness (QED) is 0.0617. The van der Waals surface area contributed by atoms with E-state index >= 15 is 0 Å². The molecule has 5 aromatic heterocycles. The van der Waals surface area contributed by atoms with Gasteiger partial charge in [-0.05, 0) is 138 Å². The zero-order valence-electron chi connectivity index (χ0n) is 43.1. The number of aliphatic carboxylic acids is 1. The van der Waals surface area contributed by atoms with Crippen LogP contribution in [0.1, 0.15) is 96.5 Å². The number of carbonyl (C=O) groups excluding carboxylic acids is 2. The topological polar surface area (TPSA) is 198 Å². The van der Waals surface area contributed by atoms with Gasteiger partial charge >= 0.3 is 5.97 Å². The maximum absolute atomic E-state index is 14.0. The van der Waals surface area contributed by atoms with Crippen LogP contribution in [0.5, 0.6) is 0 Å². The Bertz CT molecular complexity index is 3180. The Morgan fingerprint density at radius 1 is 0.608 bits per heavy atom. The molecule has 0 bridgehead atoms. The van der Waals surface area contributed by atoms with Gasteiger partial charge in [-0.2, -0.15) is 0 Å². The minimum Gasteiger partial charge on any atom is -0.481 e. The standard InChI is InChI=1S/C48H52N10O2.C11H15NO2/c1-29(2)43(52-36-15-19-49-20-16-36)47(59)57-23-5-7-41(57)45-51-28-40(56-45)35-12-11-31-25-32(9-10-33(31)26-35)34-13-14-38-39(27-34)55-46(54-38)42-8-6-24-58(42)48(60)44(30(3)4)53-37-17-21-50-22-18-37;1-8(2)10(11(13)14)7-9-3-5-12-6-4-9/h9-22,25-30,41-44H,5-8,23-24H2,1-4H3,(H,49,52)(H,50,53)(H,51,56)(H,54,55);3-6,8,10H,7H2,1-2H3,(H,13,14)/t41-,42-,43-,44-;10-/m00/s1. The summed E-state index contributed by atoms with van der Waals surface area (Å²) in [7, 11) is 0. The van der Waals surface area contributed by atoms with Crippen molar-refractivity contribution in [2.45, 2.75) is 97.8 Å². The van der Waals surface area contributed by atoms with Crippen LogP contribution in [0, 0.1) is 23.7 Å². The second-order valence-corrected chi connectivity index (χ2v) is 20.6. The molecule has 8 aromatic rings. The highest BCUT2D eigenvalue weighted by molar-refractivity contribution is 5.92. The molecule has 0 spiro atoms. The van der Waals surface area contributed by atoms with Gasteiger partial charge in [0, 0.05) is 67.2 Å². The number of carboxylic acid groups (broad SMARTS) is 1. The Kier molecular flexibility index (Phi) is 15.8. The number of benzene rings is 3. The second kappa shape index (κ2) is 22.9. The van der Waals surface area contributed by atoms with Gasteiger partial charge in [0.1, 0.15) is 23.7 Å². The number of pyridine rings is 3. The lowest BCUT2D eigenvalue weighted by Gasteiger charge is -2.30. The summed E-state index contributed by atoms with van der Waals surface area (Å²) in [5, 5.41) is 18.1. The Balaban J connectivity index is 0.000000417. The average Bonchev–Trinajstić information content (AvgIpc) is 4.26. The van der Waals surface area contributed by atoms with Crippen molar-refractivity contribution in [3.05, 3.63) is 152 Å². The lowest BCUT2D eigenvalue weighted by atomic mass is 9.90. The second-order valence-electron chi connectivity index (χ2n) is 20.6. The summed E-state index contributed by atoms with van der Waals surface area (Å²) in [6, 6.07) is 29.8. The molecular formula is C59H67N11O4. The monoisotopic (exact) mass is 994 g/mol. The predicted octanol–water partition coefficient (Wildman–Crippen LogP) is 11.1. The first-order valence-corrected chi connectivity index (χ1v) is 26.0. The molecule has 74 heavy (non-hydrogen) atoms. The summed E-state index contributed by atoms with van der Waals surface area (Å²) in [4.78, 5) is 72.0. The van der Waals surface area contributed by atoms with Gasteiger partial charge in [-0.25, -0.2) is 9.97 Å². The van der Waals surface area contributed by atoms with Crippen molar-refractivity contribution >= 4 is 51.0 Å². The molecule has 2 saturated heterocycles. The first kappa shape index (κ1) is 51.0. The molecule has 2 aliphatic rings. The van der Waals surface area contributed by atoms with Crippen LogP contribution >= 0.6 is 0 Å². The van der Waals surface area contributed by atoms with Crippen molar-refractivity contribution < 1.29 is 19.5 Å². The van der Waals surface area contributed by atoms with E-state index in [0.29, 0.717) is 19.5 Å². The molecule has 0 radical (unpaired) electrons. The number of imidazole rings is 2. The molecule has 0 saturated carbocycles. The zero-order chi connectivity index (χ0) is 51.9. The summed E-state index contributed by atoms with van der Waals surface area (Å²) in [5.41, 5.74) is 8.82. The normalized spacial score (nSPS) is 16.9. The number of amides is 2. The van der Waals surface area contributed by atoms with Crippen LogP contribution in [0.15, 0.2) is 134 Å². The fourth-order valence-corrected chi connectivity index (χ4v) is 10.3. The highest BCUT2D eigenvalue weighted by Gasteiger charge is 2.38. The smallest absolute Gasteiger partial charge is 0.307 e. The Morgan fingerprint density at radius 3 is 1.65 bits per heavy atom. The maximum Gasteiger partial charge on any atom is 0.307 e. The molecule has 2 aliphatic heterocycles. The SMILES string of the molecule is CC(C)[C@H](Cc1ccncc1)C(=O)O.CC(C)[C@H](Nc1ccncc1)C(=O)N1CCC[C@H]1c1ncc(-c2ccc3cc(-c4ccc5nc([C@@H]6CCCN6C(=O)[C@@H](Nc6ccncc6)C(C)C)[nH]c5c4)ccc3c2)[nH]1. The van der Waals surface area contributed by atoms with Crippen molar-refractivity contribution in [1.82, 2.24) is 44.7 Å². The van der Waals surface area contributed by atoms with Gasteiger partial charge in [0.2, 0.25) is 11.8 Å². The molecule has 2 fully saturated rings. The van der Waals surface area contributed by atoms with Crippen molar-refractivity contribution in [1.29, 1.82) is 0 Å². The number of carbonyl (C=O) groups is 3. The Morgan fingerprint density at radius 2 is 1.11 bits per heavy atom. The lowest BCUT2D eigenvalue weighted by molar-refractivity contribution is -0.143. The van der Waals surface area contributed by atoms with Crippen LogP contribution in [0.2, 0.25) is 0 Å². The van der Waals surface area contributed by atoms with Gasteiger partial charge in [-0.15, -0.1) is 0 Å². The third kappa shape index (κ3) is 11.6. The molecule has 15 nitrogen and oxygen atoms in total. The van der Waals surface area contributed by atoms with Crippen molar-refractivity contribution in [2.24, 2.45) is 23.7 Å². The van der Waals surface area contributed by atoms with E-state index in [1.807, 2.05) is 66.2 Å².